The molecule has 80 valence electrons. The van der Waals surface area contributed by atoms with Crippen molar-refractivity contribution in [2.24, 2.45) is 0 Å². The van der Waals surface area contributed by atoms with Crippen molar-refractivity contribution >= 4 is 29.3 Å². The highest BCUT2D eigenvalue weighted by Gasteiger charge is 2.04. The molecule has 0 aliphatic heterocycles. The standard InChI is InChI=1S/C11H12ClNO2/c1-2-8(11(14)15)5-7-3-4-9(12)10(13)6-7/h3-6H,2,13H2,1H3,(H,14,15). The van der Waals surface area contributed by atoms with Crippen LogP contribution in [-0.2, 0) is 4.79 Å². The molecule has 0 radical (unpaired) electrons. The van der Waals surface area contributed by atoms with Crippen molar-refractivity contribution < 1.29 is 9.90 Å². The van der Waals surface area contributed by atoms with E-state index in [4.69, 9.17) is 22.4 Å². The van der Waals surface area contributed by atoms with Gasteiger partial charge in [-0.2, -0.15) is 0 Å². The summed E-state index contributed by atoms with van der Waals surface area (Å²) in [7, 11) is 0. The zero-order chi connectivity index (χ0) is 11.4. The van der Waals surface area contributed by atoms with Gasteiger partial charge in [-0.3, -0.25) is 0 Å². The highest BCUT2D eigenvalue weighted by Crippen LogP contribution is 2.21. The van der Waals surface area contributed by atoms with Crippen molar-refractivity contribution in [3.8, 4) is 0 Å². The van der Waals surface area contributed by atoms with Gasteiger partial charge in [0.1, 0.15) is 0 Å². The Labute approximate surface area is 93.2 Å². The number of hydrogen-bond acceptors (Lipinski definition) is 2. The number of anilines is 1. The molecule has 3 N–H and O–H groups in total. The Hall–Kier alpha value is -1.48. The summed E-state index contributed by atoms with van der Waals surface area (Å²) in [5.74, 6) is -0.911. The maximum Gasteiger partial charge on any atom is 0.331 e. The molecule has 0 saturated carbocycles. The van der Waals surface area contributed by atoms with Crippen molar-refractivity contribution in [2.45, 2.75) is 13.3 Å². The number of halogens is 1. The number of carboxylic acids is 1. The number of carbonyl (C=O) groups is 1. The van der Waals surface area contributed by atoms with Gasteiger partial charge in [0.05, 0.1) is 10.7 Å². The molecule has 1 aromatic carbocycles. The van der Waals surface area contributed by atoms with Crippen LogP contribution in [0.3, 0.4) is 0 Å². The Morgan fingerprint density at radius 2 is 2.27 bits per heavy atom. The predicted molar refractivity (Wildman–Crippen MR) is 61.8 cm³/mol. The minimum absolute atomic E-state index is 0.344. The Balaban J connectivity index is 3.07. The zero-order valence-corrected chi connectivity index (χ0v) is 9.08. The Morgan fingerprint density at radius 1 is 1.60 bits per heavy atom. The molecule has 0 amide bonds. The van der Waals surface area contributed by atoms with Crippen LogP contribution in [0.15, 0.2) is 23.8 Å². The first-order valence-electron chi connectivity index (χ1n) is 4.53. The van der Waals surface area contributed by atoms with Crippen molar-refractivity contribution in [1.29, 1.82) is 0 Å². The minimum atomic E-state index is -0.911. The fraction of sp³-hybridized carbons (Fsp3) is 0.182. The van der Waals surface area contributed by atoms with Gasteiger partial charge < -0.3 is 10.8 Å². The minimum Gasteiger partial charge on any atom is -0.478 e. The lowest BCUT2D eigenvalue weighted by molar-refractivity contribution is -0.132. The van der Waals surface area contributed by atoms with Gasteiger partial charge >= 0.3 is 5.97 Å². The molecule has 15 heavy (non-hydrogen) atoms. The summed E-state index contributed by atoms with van der Waals surface area (Å²) in [5, 5.41) is 9.31. The summed E-state index contributed by atoms with van der Waals surface area (Å²) in [6.07, 6.45) is 2.06. The van der Waals surface area contributed by atoms with Gasteiger partial charge in [-0.25, -0.2) is 4.79 Å². The number of hydrogen-bond donors (Lipinski definition) is 2. The molecule has 3 nitrogen and oxygen atoms in total. The first kappa shape index (κ1) is 11.6. The largest absolute Gasteiger partial charge is 0.478 e. The number of aliphatic carboxylic acids is 1. The van der Waals surface area contributed by atoms with Crippen LogP contribution in [0.1, 0.15) is 18.9 Å². The van der Waals surface area contributed by atoms with E-state index >= 15 is 0 Å². The summed E-state index contributed by atoms with van der Waals surface area (Å²) in [6.45, 7) is 1.79. The van der Waals surface area contributed by atoms with Crippen molar-refractivity contribution in [3.05, 3.63) is 34.4 Å². The van der Waals surface area contributed by atoms with Crippen LogP contribution in [0.5, 0.6) is 0 Å². The van der Waals surface area contributed by atoms with E-state index in [-0.39, 0.29) is 0 Å². The van der Waals surface area contributed by atoms with E-state index in [0.717, 1.165) is 5.56 Å². The van der Waals surface area contributed by atoms with Crippen molar-refractivity contribution in [2.75, 3.05) is 5.73 Å². The average molecular weight is 226 g/mol. The third kappa shape index (κ3) is 2.99. The van der Waals surface area contributed by atoms with Crippen LogP contribution in [-0.4, -0.2) is 11.1 Å². The first-order valence-corrected chi connectivity index (χ1v) is 4.91. The van der Waals surface area contributed by atoms with Crippen molar-refractivity contribution in [3.63, 3.8) is 0 Å². The lowest BCUT2D eigenvalue weighted by Crippen LogP contribution is -1.98. The first-order chi connectivity index (χ1) is 7.04. The summed E-state index contributed by atoms with van der Waals surface area (Å²) in [6, 6.07) is 5.04. The topological polar surface area (TPSA) is 63.3 Å². The molecule has 0 aliphatic carbocycles. The van der Waals surface area contributed by atoms with Gasteiger partial charge in [-0.1, -0.05) is 24.6 Å². The van der Waals surface area contributed by atoms with Gasteiger partial charge in [-0.15, -0.1) is 0 Å². The SMILES string of the molecule is CCC(=Cc1ccc(Cl)c(N)c1)C(=O)O. The maximum atomic E-state index is 10.8. The number of benzene rings is 1. The molecule has 0 aliphatic rings. The fourth-order valence-electron chi connectivity index (χ4n) is 1.17. The van der Waals surface area contributed by atoms with Gasteiger partial charge in [0, 0.05) is 5.57 Å². The molecule has 0 fully saturated rings. The van der Waals surface area contributed by atoms with Crippen LogP contribution in [0.25, 0.3) is 6.08 Å². The summed E-state index contributed by atoms with van der Waals surface area (Å²) in [5.41, 5.74) is 7.15. The van der Waals surface area contributed by atoms with Crippen LogP contribution in [0, 0.1) is 0 Å². The van der Waals surface area contributed by atoms with E-state index in [1.54, 1.807) is 31.2 Å². The molecule has 0 bridgehead atoms. The van der Waals surface area contributed by atoms with Gasteiger partial charge in [-0.05, 0) is 30.2 Å². The molecule has 4 heteroatoms. The Bertz CT molecular complexity index is 413. The van der Waals surface area contributed by atoms with E-state index in [2.05, 4.69) is 0 Å². The van der Waals surface area contributed by atoms with E-state index in [1.807, 2.05) is 0 Å². The second kappa shape index (κ2) is 4.84. The Kier molecular flexibility index (Phi) is 3.74. The Morgan fingerprint density at radius 3 is 2.73 bits per heavy atom. The van der Waals surface area contributed by atoms with Crippen LogP contribution < -0.4 is 5.73 Å². The molecular weight excluding hydrogens is 214 g/mol. The van der Waals surface area contributed by atoms with E-state index in [0.29, 0.717) is 22.7 Å². The summed E-state index contributed by atoms with van der Waals surface area (Å²) in [4.78, 5) is 10.8. The molecule has 0 atom stereocenters. The monoisotopic (exact) mass is 225 g/mol. The molecule has 0 saturated heterocycles. The van der Waals surface area contributed by atoms with Crippen LogP contribution in [0.2, 0.25) is 5.02 Å². The average Bonchev–Trinajstić information content (AvgIpc) is 2.19. The number of nitrogens with two attached hydrogens (primary N) is 1. The third-order valence-corrected chi connectivity index (χ3v) is 2.36. The molecular formula is C11H12ClNO2. The number of nitrogen functional groups attached to an aromatic ring is 1. The molecule has 0 spiro atoms. The summed E-state index contributed by atoms with van der Waals surface area (Å²) < 4.78 is 0. The fourth-order valence-corrected chi connectivity index (χ4v) is 1.29. The normalized spacial score (nSPS) is 11.5. The molecule has 0 aromatic heterocycles. The lowest BCUT2D eigenvalue weighted by Gasteiger charge is -2.01. The van der Waals surface area contributed by atoms with E-state index in [1.165, 1.54) is 0 Å². The van der Waals surface area contributed by atoms with E-state index in [9.17, 15) is 4.79 Å². The van der Waals surface area contributed by atoms with Gasteiger partial charge in [0.2, 0.25) is 0 Å². The van der Waals surface area contributed by atoms with E-state index < -0.39 is 5.97 Å². The molecule has 1 rings (SSSR count). The maximum absolute atomic E-state index is 10.8. The highest BCUT2D eigenvalue weighted by atomic mass is 35.5. The quantitative estimate of drug-likeness (QED) is 0.614. The molecule has 0 unspecified atom stereocenters. The van der Waals surface area contributed by atoms with Gasteiger partial charge in [0.15, 0.2) is 0 Å². The van der Waals surface area contributed by atoms with Crippen LogP contribution >= 0.6 is 11.6 Å². The third-order valence-electron chi connectivity index (χ3n) is 2.02. The second-order valence-electron chi connectivity index (χ2n) is 3.11. The zero-order valence-electron chi connectivity index (χ0n) is 8.33. The number of carboxylic acid groups (broad SMARTS) is 1. The second-order valence-corrected chi connectivity index (χ2v) is 3.52. The molecule has 0 heterocycles. The summed E-state index contributed by atoms with van der Waals surface area (Å²) >= 11 is 5.75. The lowest BCUT2D eigenvalue weighted by atomic mass is 10.1. The van der Waals surface area contributed by atoms with Gasteiger partial charge in [0.25, 0.3) is 0 Å². The predicted octanol–water partition coefficient (Wildman–Crippen LogP) is 2.80. The van der Waals surface area contributed by atoms with Crippen molar-refractivity contribution in [1.82, 2.24) is 0 Å². The smallest absolute Gasteiger partial charge is 0.331 e. The number of rotatable bonds is 3. The highest BCUT2D eigenvalue weighted by molar-refractivity contribution is 6.33. The molecule has 1 aromatic rings. The van der Waals surface area contributed by atoms with Crippen LogP contribution in [0.4, 0.5) is 5.69 Å².